The van der Waals surface area contributed by atoms with Crippen molar-refractivity contribution in [3.8, 4) is 0 Å². The lowest BCUT2D eigenvalue weighted by atomic mass is 10.00. The van der Waals surface area contributed by atoms with Gasteiger partial charge in [-0.05, 0) is 11.8 Å². The number of urea groups is 1. The Morgan fingerprint density at radius 1 is 1.38 bits per heavy atom. The van der Waals surface area contributed by atoms with Crippen molar-refractivity contribution in [1.82, 2.24) is 9.80 Å². The molecule has 1 aliphatic heterocycles. The quantitative estimate of drug-likeness (QED) is 0.572. The minimum Gasteiger partial charge on any atom is -0.331 e. The predicted molar refractivity (Wildman–Crippen MR) is 61.9 cm³/mol. The van der Waals surface area contributed by atoms with Crippen LogP contribution in [0.5, 0.6) is 0 Å². The largest absolute Gasteiger partial charge is 0.331 e. The zero-order valence-electron chi connectivity index (χ0n) is 10.2. The van der Waals surface area contributed by atoms with Crippen LogP contribution >= 0.6 is 0 Å². The molecule has 4 heteroatoms. The highest BCUT2D eigenvalue weighted by molar-refractivity contribution is 5.74. The van der Waals surface area contributed by atoms with E-state index in [4.69, 9.17) is 6.57 Å². The van der Waals surface area contributed by atoms with Crippen molar-refractivity contribution in [2.24, 2.45) is 11.8 Å². The second-order valence-electron chi connectivity index (χ2n) is 5.62. The van der Waals surface area contributed by atoms with E-state index in [0.717, 1.165) is 25.9 Å². The van der Waals surface area contributed by atoms with Crippen molar-refractivity contribution >= 4 is 6.03 Å². The van der Waals surface area contributed by atoms with Crippen LogP contribution in [0.15, 0.2) is 0 Å². The topological polar surface area (TPSA) is 27.9 Å². The number of hydrogen-bond acceptors (Lipinski definition) is 1. The summed E-state index contributed by atoms with van der Waals surface area (Å²) < 4.78 is 0. The normalized spacial score (nSPS) is 37.0. The summed E-state index contributed by atoms with van der Waals surface area (Å²) in [7, 11) is 3.58. The van der Waals surface area contributed by atoms with Crippen molar-refractivity contribution < 1.29 is 4.79 Å². The zero-order valence-corrected chi connectivity index (χ0v) is 10.2. The maximum atomic E-state index is 11.8. The van der Waals surface area contributed by atoms with Crippen LogP contribution < -0.4 is 0 Å². The summed E-state index contributed by atoms with van der Waals surface area (Å²) in [5.74, 6) is 1.09. The highest BCUT2D eigenvalue weighted by Crippen LogP contribution is 2.45. The molecule has 1 saturated carbocycles. The molecule has 2 aliphatic rings. The van der Waals surface area contributed by atoms with Gasteiger partial charge >= 0.3 is 6.03 Å². The molecule has 1 aliphatic carbocycles. The maximum absolute atomic E-state index is 11.8. The van der Waals surface area contributed by atoms with Crippen LogP contribution in [0.25, 0.3) is 4.85 Å². The molecule has 2 amide bonds. The van der Waals surface area contributed by atoms with Crippen LogP contribution in [0.4, 0.5) is 4.79 Å². The van der Waals surface area contributed by atoms with E-state index in [1.807, 2.05) is 4.90 Å². The fraction of sp³-hybridized carbons (Fsp3) is 0.833. The maximum Gasteiger partial charge on any atom is 0.319 e. The third-order valence-electron chi connectivity index (χ3n) is 3.90. The van der Waals surface area contributed by atoms with Crippen molar-refractivity contribution in [3.05, 3.63) is 11.4 Å². The standard InChI is InChI=1S/C12H19N3O/c1-12(13-2)5-9-7-15(8-10(9)6-12)11(16)14(3)4/h9-10H,5-8H2,1,3-4H3/t9-,10+,12+. The highest BCUT2D eigenvalue weighted by Gasteiger charge is 2.51. The Balaban J connectivity index is 1.99. The molecular formula is C12H19N3O. The summed E-state index contributed by atoms with van der Waals surface area (Å²) in [5.41, 5.74) is -0.164. The molecule has 2 rings (SSSR count). The van der Waals surface area contributed by atoms with Gasteiger partial charge in [0.25, 0.3) is 0 Å². The van der Waals surface area contributed by atoms with Crippen LogP contribution in [0.1, 0.15) is 19.8 Å². The molecule has 0 bridgehead atoms. The lowest BCUT2D eigenvalue weighted by Crippen LogP contribution is -2.38. The lowest BCUT2D eigenvalue weighted by molar-refractivity contribution is 0.177. The van der Waals surface area contributed by atoms with E-state index in [9.17, 15) is 4.79 Å². The van der Waals surface area contributed by atoms with Crippen LogP contribution in [-0.2, 0) is 0 Å². The third-order valence-corrected chi connectivity index (χ3v) is 3.90. The summed E-state index contributed by atoms with van der Waals surface area (Å²) in [6, 6.07) is 0.110. The van der Waals surface area contributed by atoms with Gasteiger partial charge in [0, 0.05) is 47.0 Å². The van der Waals surface area contributed by atoms with E-state index in [2.05, 4.69) is 11.8 Å². The fourth-order valence-corrected chi connectivity index (χ4v) is 3.14. The third kappa shape index (κ3) is 1.75. The molecule has 0 aromatic rings. The molecule has 88 valence electrons. The van der Waals surface area contributed by atoms with Crippen molar-refractivity contribution in [1.29, 1.82) is 0 Å². The molecule has 0 unspecified atom stereocenters. The van der Waals surface area contributed by atoms with Gasteiger partial charge < -0.3 is 14.6 Å². The molecule has 3 atom stereocenters. The number of hydrogen-bond donors (Lipinski definition) is 0. The number of carbonyl (C=O) groups excluding carboxylic acids is 1. The van der Waals surface area contributed by atoms with Crippen molar-refractivity contribution in [2.45, 2.75) is 25.3 Å². The Bertz CT molecular complexity index is 331. The van der Waals surface area contributed by atoms with E-state index in [-0.39, 0.29) is 11.6 Å². The second kappa shape index (κ2) is 3.65. The minimum absolute atomic E-state index is 0.110. The van der Waals surface area contributed by atoms with Gasteiger partial charge in [-0.25, -0.2) is 11.4 Å². The Hall–Kier alpha value is -1.24. The van der Waals surface area contributed by atoms with Gasteiger partial charge in [-0.3, -0.25) is 0 Å². The van der Waals surface area contributed by atoms with E-state index >= 15 is 0 Å². The molecule has 4 nitrogen and oxygen atoms in total. The summed E-state index contributed by atoms with van der Waals surface area (Å²) in [5, 5.41) is 0. The first kappa shape index (κ1) is 11.3. The Morgan fingerprint density at radius 2 is 1.88 bits per heavy atom. The average molecular weight is 221 g/mol. The van der Waals surface area contributed by atoms with Gasteiger partial charge in [0.15, 0.2) is 0 Å². The Kier molecular flexibility index (Phi) is 2.57. The molecule has 16 heavy (non-hydrogen) atoms. The van der Waals surface area contributed by atoms with Gasteiger partial charge in [0.2, 0.25) is 5.54 Å². The first-order chi connectivity index (χ1) is 7.45. The van der Waals surface area contributed by atoms with Crippen LogP contribution in [0, 0.1) is 18.4 Å². The number of carbonyl (C=O) groups is 1. The van der Waals surface area contributed by atoms with E-state index in [0.29, 0.717) is 11.8 Å². The second-order valence-corrected chi connectivity index (χ2v) is 5.62. The molecule has 1 heterocycles. The Labute approximate surface area is 97.0 Å². The van der Waals surface area contributed by atoms with E-state index in [1.54, 1.807) is 19.0 Å². The van der Waals surface area contributed by atoms with Gasteiger partial charge in [-0.15, -0.1) is 0 Å². The van der Waals surface area contributed by atoms with Crippen molar-refractivity contribution in [2.75, 3.05) is 27.2 Å². The highest BCUT2D eigenvalue weighted by atomic mass is 16.2. The first-order valence-electron chi connectivity index (χ1n) is 5.80. The Morgan fingerprint density at radius 3 is 2.25 bits per heavy atom. The summed E-state index contributed by atoms with van der Waals surface area (Å²) in [6.07, 6.45) is 1.91. The molecule has 0 aromatic carbocycles. The lowest BCUT2D eigenvalue weighted by Gasteiger charge is -2.23. The zero-order chi connectivity index (χ0) is 11.9. The molecule has 0 spiro atoms. The number of amides is 2. The van der Waals surface area contributed by atoms with Crippen LogP contribution in [0.2, 0.25) is 0 Å². The van der Waals surface area contributed by atoms with Crippen molar-refractivity contribution in [3.63, 3.8) is 0 Å². The summed E-state index contributed by atoms with van der Waals surface area (Å²) >= 11 is 0. The van der Waals surface area contributed by atoms with Gasteiger partial charge in [-0.1, -0.05) is 0 Å². The molecular weight excluding hydrogens is 202 g/mol. The average Bonchev–Trinajstić information content (AvgIpc) is 2.71. The SMILES string of the molecule is [C-]#[N+][C@]1(C)C[C@H]2CN(C(=O)N(C)C)C[C@H]2C1. The monoisotopic (exact) mass is 221 g/mol. The first-order valence-corrected chi connectivity index (χ1v) is 5.80. The number of fused-ring (bicyclic) bond motifs is 1. The van der Waals surface area contributed by atoms with E-state index < -0.39 is 0 Å². The molecule has 2 fully saturated rings. The number of nitrogens with zero attached hydrogens (tertiary/aromatic N) is 3. The number of rotatable bonds is 0. The van der Waals surface area contributed by atoms with Gasteiger partial charge in [0.1, 0.15) is 0 Å². The van der Waals surface area contributed by atoms with Gasteiger partial charge in [0.05, 0.1) is 0 Å². The van der Waals surface area contributed by atoms with E-state index in [1.165, 1.54) is 0 Å². The van der Waals surface area contributed by atoms with Gasteiger partial charge in [-0.2, -0.15) is 0 Å². The van der Waals surface area contributed by atoms with Crippen LogP contribution in [0.3, 0.4) is 0 Å². The smallest absolute Gasteiger partial charge is 0.319 e. The summed E-state index contributed by atoms with van der Waals surface area (Å²) in [6.45, 7) is 10.9. The molecule has 0 N–H and O–H groups in total. The predicted octanol–water partition coefficient (Wildman–Crippen LogP) is 1.69. The number of likely N-dealkylation sites (tertiary alicyclic amines) is 1. The molecule has 0 aromatic heterocycles. The fourth-order valence-electron chi connectivity index (χ4n) is 3.14. The molecule has 1 saturated heterocycles. The molecule has 0 radical (unpaired) electrons. The summed E-state index contributed by atoms with van der Waals surface area (Å²) in [4.78, 5) is 19.1. The minimum atomic E-state index is -0.164. The van der Waals surface area contributed by atoms with Crippen LogP contribution in [-0.4, -0.2) is 48.6 Å².